The first-order valence-electron chi connectivity index (χ1n) is 9.24. The number of amides is 4. The maximum absolute atomic E-state index is 13.1. The maximum Gasteiger partial charge on any atom is 0.325 e. The molecule has 0 unspecified atom stereocenters. The van der Waals surface area contributed by atoms with E-state index in [1.165, 1.54) is 12.0 Å². The van der Waals surface area contributed by atoms with Crippen molar-refractivity contribution in [1.82, 2.24) is 15.1 Å². The van der Waals surface area contributed by atoms with E-state index < -0.39 is 11.6 Å². The first kappa shape index (κ1) is 19.3. The Morgan fingerprint density at radius 2 is 1.97 bits per heavy atom. The third-order valence-corrected chi connectivity index (χ3v) is 5.62. The number of carbonyl (C=O) groups is 3. The number of imide groups is 1. The summed E-state index contributed by atoms with van der Waals surface area (Å²) in [6.45, 7) is 0.689. The van der Waals surface area contributed by atoms with Gasteiger partial charge in [0, 0.05) is 17.1 Å². The van der Waals surface area contributed by atoms with Crippen molar-refractivity contribution in [3.05, 3.63) is 64.7 Å². The lowest BCUT2D eigenvalue weighted by Crippen LogP contribution is -2.49. The second kappa shape index (κ2) is 7.40. The monoisotopic (exact) mass is 413 g/mol. The van der Waals surface area contributed by atoms with Gasteiger partial charge in [0.15, 0.2) is 0 Å². The number of ether oxygens (including phenoxy) is 1. The summed E-state index contributed by atoms with van der Waals surface area (Å²) in [6.07, 6.45) is 0.379. The molecule has 2 aliphatic rings. The van der Waals surface area contributed by atoms with Crippen LogP contribution in [-0.2, 0) is 11.3 Å². The zero-order valence-corrected chi connectivity index (χ0v) is 16.6. The van der Waals surface area contributed by atoms with E-state index in [9.17, 15) is 14.4 Å². The maximum atomic E-state index is 13.1. The Kier molecular flexibility index (Phi) is 4.92. The normalized spacial score (nSPS) is 21.0. The van der Waals surface area contributed by atoms with Crippen LogP contribution in [0, 0.1) is 0 Å². The number of rotatable bonds is 4. The van der Waals surface area contributed by atoms with Crippen LogP contribution in [0.1, 0.15) is 22.3 Å². The van der Waals surface area contributed by atoms with Crippen LogP contribution in [0.3, 0.4) is 0 Å². The van der Waals surface area contributed by atoms with Gasteiger partial charge in [0.25, 0.3) is 11.8 Å². The lowest BCUT2D eigenvalue weighted by Gasteiger charge is -2.22. The molecule has 2 aliphatic heterocycles. The predicted molar refractivity (Wildman–Crippen MR) is 107 cm³/mol. The van der Waals surface area contributed by atoms with Crippen molar-refractivity contribution >= 4 is 29.4 Å². The molecule has 4 rings (SSSR count). The standard InChI is InChI=1S/C21H20ClN3O4/c1-29-17-4-2-3-15(11-17)18(26)24-10-9-21(13-24)19(27)25(20(28)23-21)12-14-5-7-16(22)8-6-14/h2-8,11H,9-10,12-13H2,1H3,(H,23,28)/t21-/m0/s1. The number of halogens is 1. The molecular formula is C21H20ClN3O4. The van der Waals surface area contributed by atoms with Gasteiger partial charge in [0.1, 0.15) is 11.3 Å². The van der Waals surface area contributed by atoms with Crippen molar-refractivity contribution in [2.45, 2.75) is 18.5 Å². The zero-order valence-electron chi connectivity index (χ0n) is 15.9. The topological polar surface area (TPSA) is 79.0 Å². The van der Waals surface area contributed by atoms with Gasteiger partial charge in [-0.3, -0.25) is 14.5 Å². The highest BCUT2D eigenvalue weighted by molar-refractivity contribution is 6.30. The zero-order chi connectivity index (χ0) is 20.6. The number of hydrogen-bond donors (Lipinski definition) is 1. The number of hydrogen-bond acceptors (Lipinski definition) is 4. The Labute approximate surface area is 173 Å². The van der Waals surface area contributed by atoms with Gasteiger partial charge in [-0.05, 0) is 42.3 Å². The second-order valence-electron chi connectivity index (χ2n) is 7.24. The lowest BCUT2D eigenvalue weighted by atomic mass is 9.99. The van der Waals surface area contributed by atoms with Crippen molar-refractivity contribution < 1.29 is 19.1 Å². The van der Waals surface area contributed by atoms with Crippen LogP contribution >= 0.6 is 11.6 Å². The van der Waals surface area contributed by atoms with Crippen molar-refractivity contribution in [3.8, 4) is 5.75 Å². The van der Waals surface area contributed by atoms with E-state index in [0.717, 1.165) is 5.56 Å². The van der Waals surface area contributed by atoms with Gasteiger partial charge in [-0.2, -0.15) is 0 Å². The Hall–Kier alpha value is -3.06. The highest BCUT2D eigenvalue weighted by Crippen LogP contribution is 2.31. The first-order valence-corrected chi connectivity index (χ1v) is 9.61. The summed E-state index contributed by atoms with van der Waals surface area (Å²) < 4.78 is 5.17. The van der Waals surface area contributed by atoms with Crippen molar-refractivity contribution in [2.75, 3.05) is 20.2 Å². The van der Waals surface area contributed by atoms with Crippen LogP contribution in [0.25, 0.3) is 0 Å². The van der Waals surface area contributed by atoms with E-state index in [4.69, 9.17) is 16.3 Å². The summed E-state index contributed by atoms with van der Waals surface area (Å²) in [6, 6.07) is 13.4. The number of nitrogens with one attached hydrogen (secondary N) is 1. The Balaban J connectivity index is 1.49. The number of likely N-dealkylation sites (tertiary alicyclic amines) is 1. The van der Waals surface area contributed by atoms with E-state index in [2.05, 4.69) is 5.32 Å². The molecule has 0 radical (unpaired) electrons. The molecule has 1 N–H and O–H groups in total. The number of urea groups is 1. The van der Waals surface area contributed by atoms with Crippen LogP contribution in [0.2, 0.25) is 5.02 Å². The Morgan fingerprint density at radius 1 is 1.21 bits per heavy atom. The summed E-state index contributed by atoms with van der Waals surface area (Å²) in [5.41, 5.74) is 0.214. The number of benzene rings is 2. The third kappa shape index (κ3) is 3.53. The van der Waals surface area contributed by atoms with Gasteiger partial charge in [-0.15, -0.1) is 0 Å². The molecule has 2 aromatic rings. The molecule has 7 nitrogen and oxygen atoms in total. The van der Waals surface area contributed by atoms with Crippen molar-refractivity contribution in [1.29, 1.82) is 0 Å². The smallest absolute Gasteiger partial charge is 0.325 e. The molecule has 0 saturated carbocycles. The second-order valence-corrected chi connectivity index (χ2v) is 7.68. The Morgan fingerprint density at radius 3 is 2.69 bits per heavy atom. The van der Waals surface area contributed by atoms with Crippen LogP contribution in [0.15, 0.2) is 48.5 Å². The SMILES string of the molecule is COc1cccc(C(=O)N2CC[C@@]3(C2)NC(=O)N(Cc2ccc(Cl)cc2)C3=O)c1. The molecular weight excluding hydrogens is 394 g/mol. The van der Waals surface area contributed by atoms with Gasteiger partial charge in [-0.25, -0.2) is 4.79 Å². The molecule has 2 heterocycles. The van der Waals surface area contributed by atoms with E-state index in [-0.39, 0.29) is 24.9 Å². The summed E-state index contributed by atoms with van der Waals surface area (Å²) in [7, 11) is 1.54. The summed E-state index contributed by atoms with van der Waals surface area (Å²) in [5.74, 6) is 0.0847. The molecule has 29 heavy (non-hydrogen) atoms. The molecule has 8 heteroatoms. The fourth-order valence-corrected chi connectivity index (χ4v) is 3.92. The van der Waals surface area contributed by atoms with Crippen molar-refractivity contribution in [3.63, 3.8) is 0 Å². The summed E-state index contributed by atoms with van der Waals surface area (Å²) >= 11 is 5.89. The molecule has 0 aromatic heterocycles. The molecule has 4 amide bonds. The highest BCUT2D eigenvalue weighted by atomic mass is 35.5. The summed E-state index contributed by atoms with van der Waals surface area (Å²) in [4.78, 5) is 41.2. The summed E-state index contributed by atoms with van der Waals surface area (Å²) in [5, 5.41) is 3.40. The van der Waals surface area contributed by atoms with E-state index in [1.54, 1.807) is 53.4 Å². The van der Waals surface area contributed by atoms with E-state index >= 15 is 0 Å². The molecule has 1 spiro atoms. The highest BCUT2D eigenvalue weighted by Gasteiger charge is 2.55. The fraction of sp³-hybridized carbons (Fsp3) is 0.286. The molecule has 1 atom stereocenters. The van der Waals surface area contributed by atoms with Gasteiger partial charge in [0.05, 0.1) is 20.2 Å². The van der Waals surface area contributed by atoms with Gasteiger partial charge < -0.3 is 15.0 Å². The predicted octanol–water partition coefficient (Wildman–Crippen LogP) is 2.69. The van der Waals surface area contributed by atoms with Gasteiger partial charge in [-0.1, -0.05) is 29.8 Å². The Bertz CT molecular complexity index is 978. The average Bonchev–Trinajstić information content (AvgIpc) is 3.26. The minimum Gasteiger partial charge on any atom is -0.497 e. The van der Waals surface area contributed by atoms with Crippen LogP contribution in [-0.4, -0.2) is 53.4 Å². The van der Waals surface area contributed by atoms with Crippen LogP contribution in [0.4, 0.5) is 4.79 Å². The van der Waals surface area contributed by atoms with E-state index in [1.807, 2.05) is 0 Å². The first-order chi connectivity index (χ1) is 13.9. The van der Waals surface area contributed by atoms with Crippen LogP contribution < -0.4 is 10.1 Å². The van der Waals surface area contributed by atoms with Gasteiger partial charge in [0.2, 0.25) is 0 Å². The minimum atomic E-state index is -1.07. The quantitative estimate of drug-likeness (QED) is 0.781. The third-order valence-electron chi connectivity index (χ3n) is 5.37. The molecule has 2 fully saturated rings. The fourth-order valence-electron chi connectivity index (χ4n) is 3.79. The number of nitrogens with zero attached hydrogens (tertiary/aromatic N) is 2. The van der Waals surface area contributed by atoms with E-state index in [0.29, 0.717) is 29.3 Å². The molecule has 0 bridgehead atoms. The van der Waals surface area contributed by atoms with Crippen molar-refractivity contribution in [2.24, 2.45) is 0 Å². The molecule has 2 aromatic carbocycles. The molecule has 2 saturated heterocycles. The van der Waals surface area contributed by atoms with Gasteiger partial charge >= 0.3 is 6.03 Å². The molecule has 150 valence electrons. The molecule has 0 aliphatic carbocycles. The number of methoxy groups -OCH3 is 1. The lowest BCUT2D eigenvalue weighted by molar-refractivity contribution is -0.131. The minimum absolute atomic E-state index is 0.144. The largest absolute Gasteiger partial charge is 0.497 e. The van der Waals surface area contributed by atoms with Crippen LogP contribution in [0.5, 0.6) is 5.75 Å². The average molecular weight is 414 g/mol. The number of carbonyl (C=O) groups excluding carboxylic acids is 3.